The van der Waals surface area contributed by atoms with Crippen LogP contribution in [0.3, 0.4) is 0 Å². The van der Waals surface area contributed by atoms with Gasteiger partial charge in [-0.15, -0.1) is 0 Å². The summed E-state index contributed by atoms with van der Waals surface area (Å²) in [7, 11) is 0. The molecule has 0 spiro atoms. The van der Waals surface area contributed by atoms with Gasteiger partial charge in [-0.3, -0.25) is 15.7 Å². The van der Waals surface area contributed by atoms with Gasteiger partial charge in [0, 0.05) is 56.9 Å². The average Bonchev–Trinajstić information content (AvgIpc) is 3.70. The highest BCUT2D eigenvalue weighted by Gasteiger charge is 2.42. The van der Waals surface area contributed by atoms with E-state index in [1.165, 1.54) is 109 Å². The van der Waals surface area contributed by atoms with Gasteiger partial charge in [0.05, 0.1) is 0 Å². The Labute approximate surface area is 284 Å². The Morgan fingerprint density at radius 2 is 1.54 bits per heavy atom. The lowest BCUT2D eigenvalue weighted by Gasteiger charge is -2.40. The van der Waals surface area contributed by atoms with Crippen LogP contribution in [-0.2, 0) is 0 Å². The highest BCUT2D eigenvalue weighted by atomic mass is 15.5. The van der Waals surface area contributed by atoms with Crippen LogP contribution in [0.25, 0.3) is 0 Å². The summed E-state index contributed by atoms with van der Waals surface area (Å²) in [5, 5.41) is 21.8. The van der Waals surface area contributed by atoms with E-state index in [1.807, 2.05) is 0 Å². The molecule has 3 heterocycles. The monoisotopic (exact) mass is 640 g/mol. The van der Waals surface area contributed by atoms with Crippen molar-refractivity contribution in [2.75, 3.05) is 39.3 Å². The zero-order valence-corrected chi connectivity index (χ0v) is 31.0. The summed E-state index contributed by atoms with van der Waals surface area (Å²) >= 11 is 0. The Hall–Kier alpha value is -1.50. The zero-order valence-electron chi connectivity index (χ0n) is 31.0. The number of likely N-dealkylation sites (tertiary alicyclic amines) is 1. The van der Waals surface area contributed by atoms with E-state index in [-0.39, 0.29) is 0 Å². The second kappa shape index (κ2) is 16.3. The van der Waals surface area contributed by atoms with Crippen molar-refractivity contribution in [3.05, 3.63) is 0 Å². The number of hydrogen-bond acceptors (Lipinski definition) is 3. The fourth-order valence-electron chi connectivity index (χ4n) is 9.96. The van der Waals surface area contributed by atoms with Crippen LogP contribution in [0.15, 0.2) is 0 Å². The van der Waals surface area contributed by atoms with Crippen LogP contribution in [-0.4, -0.2) is 95.0 Å². The molecule has 0 aromatic heterocycles. The van der Waals surface area contributed by atoms with Gasteiger partial charge in [0.2, 0.25) is 0 Å². The Bertz CT molecular complexity index is 960. The molecule has 3 aliphatic heterocycles. The van der Waals surface area contributed by atoms with E-state index in [2.05, 4.69) is 66.5 Å². The molecular weight excluding hydrogens is 566 g/mol. The summed E-state index contributed by atoms with van der Waals surface area (Å²) in [6.45, 7) is 20.6. The van der Waals surface area contributed by atoms with Gasteiger partial charge in [-0.05, 0) is 99.8 Å². The van der Waals surface area contributed by atoms with E-state index in [0.717, 1.165) is 56.4 Å². The molecule has 0 radical (unpaired) electrons. The molecule has 2 saturated carbocycles. The molecule has 5 rings (SSSR count). The van der Waals surface area contributed by atoms with Gasteiger partial charge in [0.25, 0.3) is 0 Å². The molecule has 0 bridgehead atoms. The summed E-state index contributed by atoms with van der Waals surface area (Å²) in [5.74, 6) is 4.62. The Morgan fingerprint density at radius 3 is 2.22 bits per heavy atom. The molecule has 4 atom stereocenters. The number of rotatable bonds is 14. The average molecular weight is 640 g/mol. The molecule has 46 heavy (non-hydrogen) atoms. The van der Waals surface area contributed by atoms with Crippen LogP contribution < -0.4 is 5.32 Å². The maximum absolute atomic E-state index is 9.70. The largest absolute Gasteiger partial charge is 0.354 e. The molecule has 7 nitrogen and oxygen atoms in total. The topological polar surface area (TPSA) is 72.7 Å². The molecule has 3 N–H and O–H groups in total. The van der Waals surface area contributed by atoms with E-state index in [1.54, 1.807) is 0 Å². The molecular formula is C39H73N7. The molecule has 264 valence electrons. The predicted octanol–water partition coefficient (Wildman–Crippen LogP) is 8.01. The lowest BCUT2D eigenvalue weighted by atomic mass is 9.70. The molecule has 0 aromatic rings. The van der Waals surface area contributed by atoms with E-state index in [4.69, 9.17) is 5.41 Å². The number of nitrogens with one attached hydrogen (secondary N) is 3. The Balaban J connectivity index is 1.27. The van der Waals surface area contributed by atoms with Gasteiger partial charge in [-0.25, -0.2) is 0 Å². The third kappa shape index (κ3) is 9.14. The smallest absolute Gasteiger partial charge is 0.194 e. The second-order valence-electron chi connectivity index (χ2n) is 17.8. The minimum atomic E-state index is 0.424. The van der Waals surface area contributed by atoms with Crippen molar-refractivity contribution in [1.29, 1.82) is 10.8 Å². The van der Waals surface area contributed by atoms with Crippen molar-refractivity contribution in [2.24, 2.45) is 29.1 Å². The minimum Gasteiger partial charge on any atom is -0.354 e. The highest BCUT2D eigenvalue weighted by Crippen LogP contribution is 2.41. The van der Waals surface area contributed by atoms with E-state index in [0.29, 0.717) is 41.5 Å². The van der Waals surface area contributed by atoms with Crippen LogP contribution in [0.1, 0.15) is 144 Å². The standard InChI is InChI=1S/C39H73N7/c1-7-12-35-28-46(38(41)45(35)25-31-17-19-32(20-18-31)39(4,5)6)36(23-30-13-9-8-10-14-30)26-43-22-11-15-34(43)27-44-33(21-16-29(2)3)24-42-37(44)40/h29-36,41H,7-28H2,1-6H3,(H2,40,42)/t31?,32?,33-,34+,35-,36-/m1/s1. The fourth-order valence-corrected chi connectivity index (χ4v) is 9.96. The lowest BCUT2D eigenvalue weighted by molar-refractivity contribution is 0.134. The summed E-state index contributed by atoms with van der Waals surface area (Å²) in [6, 6.07) is 1.92. The first-order valence-corrected chi connectivity index (χ1v) is 20.0. The van der Waals surface area contributed by atoms with Gasteiger partial charge >= 0.3 is 0 Å². The maximum atomic E-state index is 9.70. The number of guanidine groups is 2. The van der Waals surface area contributed by atoms with Gasteiger partial charge < -0.3 is 20.0 Å². The molecule has 5 aliphatic rings. The number of hydrogen-bond donors (Lipinski definition) is 3. The Kier molecular flexibility index (Phi) is 12.7. The van der Waals surface area contributed by atoms with E-state index in [9.17, 15) is 5.41 Å². The normalized spacial score (nSPS) is 31.0. The highest BCUT2D eigenvalue weighted by molar-refractivity contribution is 5.80. The third-order valence-electron chi connectivity index (χ3n) is 13.0. The van der Waals surface area contributed by atoms with Crippen LogP contribution in [0, 0.1) is 39.9 Å². The summed E-state index contributed by atoms with van der Waals surface area (Å²) in [4.78, 5) is 10.4. The molecule has 0 amide bonds. The van der Waals surface area contributed by atoms with Crippen LogP contribution >= 0.6 is 0 Å². The summed E-state index contributed by atoms with van der Waals surface area (Å²) < 4.78 is 0. The number of nitrogens with zero attached hydrogens (tertiary/aromatic N) is 4. The van der Waals surface area contributed by atoms with Gasteiger partial charge in [-0.1, -0.05) is 80.1 Å². The summed E-state index contributed by atoms with van der Waals surface area (Å²) in [5.41, 5.74) is 0.424. The van der Waals surface area contributed by atoms with Crippen molar-refractivity contribution in [2.45, 2.75) is 168 Å². The molecule has 5 fully saturated rings. The SMILES string of the molecule is CCC[C@@H]1CN([C@H](CC2CCCCC2)CN2CCC[C@H]2CN2C(=N)NC[C@H]2CCC(C)C)C(=N)N1CC1CCC(C(C)(C)C)CC1. The van der Waals surface area contributed by atoms with E-state index < -0.39 is 0 Å². The van der Waals surface area contributed by atoms with Crippen molar-refractivity contribution in [1.82, 2.24) is 24.9 Å². The Morgan fingerprint density at radius 1 is 0.804 bits per heavy atom. The molecule has 0 unspecified atom stereocenters. The lowest BCUT2D eigenvalue weighted by Crippen LogP contribution is -2.51. The van der Waals surface area contributed by atoms with E-state index >= 15 is 0 Å². The van der Waals surface area contributed by atoms with Gasteiger partial charge in [0.1, 0.15) is 0 Å². The molecule has 7 heteroatoms. The van der Waals surface area contributed by atoms with Crippen molar-refractivity contribution in [3.63, 3.8) is 0 Å². The second-order valence-corrected chi connectivity index (χ2v) is 17.8. The first kappa shape index (κ1) is 35.8. The quantitative estimate of drug-likeness (QED) is 0.180. The van der Waals surface area contributed by atoms with Crippen molar-refractivity contribution in [3.8, 4) is 0 Å². The third-order valence-corrected chi connectivity index (χ3v) is 13.0. The predicted molar refractivity (Wildman–Crippen MR) is 195 cm³/mol. The van der Waals surface area contributed by atoms with Crippen LogP contribution in [0.2, 0.25) is 0 Å². The molecule has 3 saturated heterocycles. The van der Waals surface area contributed by atoms with Gasteiger partial charge in [0.15, 0.2) is 11.9 Å². The van der Waals surface area contributed by atoms with Crippen molar-refractivity contribution >= 4 is 11.9 Å². The van der Waals surface area contributed by atoms with Crippen LogP contribution in [0.5, 0.6) is 0 Å². The van der Waals surface area contributed by atoms with Crippen LogP contribution in [0.4, 0.5) is 0 Å². The maximum Gasteiger partial charge on any atom is 0.194 e. The van der Waals surface area contributed by atoms with Gasteiger partial charge in [-0.2, -0.15) is 0 Å². The first-order chi connectivity index (χ1) is 22.0. The fraction of sp³-hybridized carbons (Fsp3) is 0.949. The zero-order chi connectivity index (χ0) is 32.8. The summed E-state index contributed by atoms with van der Waals surface area (Å²) in [6.07, 6.45) is 21.0. The first-order valence-electron chi connectivity index (χ1n) is 20.0. The molecule has 0 aromatic carbocycles. The molecule has 2 aliphatic carbocycles. The van der Waals surface area contributed by atoms with Crippen molar-refractivity contribution < 1.29 is 0 Å². The minimum absolute atomic E-state index is 0.424.